The van der Waals surface area contributed by atoms with Gasteiger partial charge in [0.1, 0.15) is 0 Å². The van der Waals surface area contributed by atoms with Crippen molar-refractivity contribution in [2.45, 2.75) is 12.5 Å². The summed E-state index contributed by atoms with van der Waals surface area (Å²) in [7, 11) is 0. The minimum atomic E-state index is -0.905. The van der Waals surface area contributed by atoms with Crippen LogP contribution in [0.15, 0.2) is 90.5 Å². The Bertz CT molecular complexity index is 1330. The average Bonchev–Trinajstić information content (AvgIpc) is 3.14. The second-order valence-electron chi connectivity index (χ2n) is 7.26. The average molecular weight is 400 g/mol. The van der Waals surface area contributed by atoms with Gasteiger partial charge in [0.15, 0.2) is 0 Å². The van der Waals surface area contributed by atoms with Crippen LogP contribution in [0.1, 0.15) is 12.5 Å². The maximum absolute atomic E-state index is 11.6. The number of hydrogen-bond donors (Lipinski definition) is 1. The fraction of sp³-hybridized carbons (Fsp3) is 0.0800. The predicted molar refractivity (Wildman–Crippen MR) is 118 cm³/mol. The Kier molecular flexibility index (Phi) is 4.26. The summed E-state index contributed by atoms with van der Waals surface area (Å²) < 4.78 is 2.24. The normalized spacial score (nSPS) is 16.3. The first kappa shape index (κ1) is 17.8. The number of carboxylic acids is 1. The summed E-state index contributed by atoms with van der Waals surface area (Å²) in [5.41, 5.74) is 3.44. The van der Waals surface area contributed by atoms with Gasteiger partial charge in [-0.15, -0.1) is 0 Å². The van der Waals surface area contributed by atoms with Crippen LogP contribution in [0.2, 0.25) is 5.02 Å². The molecule has 3 aromatic carbocycles. The van der Waals surface area contributed by atoms with E-state index in [1.807, 2.05) is 48.6 Å². The molecule has 1 aromatic heterocycles. The summed E-state index contributed by atoms with van der Waals surface area (Å²) in [6.45, 7) is 0. The fourth-order valence-corrected chi connectivity index (χ4v) is 4.39. The van der Waals surface area contributed by atoms with E-state index < -0.39 is 5.97 Å². The van der Waals surface area contributed by atoms with Gasteiger partial charge in [0.05, 0.1) is 11.6 Å². The number of aliphatic carboxylic acids is 1. The Morgan fingerprint density at radius 1 is 1.00 bits per heavy atom. The zero-order valence-electron chi connectivity index (χ0n) is 15.5. The van der Waals surface area contributed by atoms with Crippen molar-refractivity contribution in [3.05, 3.63) is 95.6 Å². The van der Waals surface area contributed by atoms with Gasteiger partial charge >= 0.3 is 5.97 Å². The molecule has 5 rings (SSSR count). The first-order valence-corrected chi connectivity index (χ1v) is 9.90. The molecule has 1 heterocycles. The van der Waals surface area contributed by atoms with E-state index in [1.165, 1.54) is 10.8 Å². The summed E-state index contributed by atoms with van der Waals surface area (Å²) in [4.78, 5) is 11.6. The van der Waals surface area contributed by atoms with Crippen LogP contribution in [0.3, 0.4) is 0 Å². The lowest BCUT2D eigenvalue weighted by molar-refractivity contribution is -0.132. The van der Waals surface area contributed by atoms with Crippen LogP contribution in [0.4, 0.5) is 0 Å². The summed E-state index contributed by atoms with van der Waals surface area (Å²) in [6, 6.07) is 22.5. The summed E-state index contributed by atoms with van der Waals surface area (Å²) in [5, 5.41) is 13.7. The SMILES string of the molecule is O=C(O)C1=CC(n2c(-c3cccc(Cl)c3)cc3c4ccccc4ccc32)CC=C1. The molecule has 29 heavy (non-hydrogen) atoms. The third kappa shape index (κ3) is 3.04. The number of halogens is 1. The number of aromatic nitrogens is 1. The predicted octanol–water partition coefficient (Wildman–Crippen LogP) is 6.63. The van der Waals surface area contributed by atoms with Crippen molar-refractivity contribution in [3.8, 4) is 11.3 Å². The van der Waals surface area contributed by atoms with Crippen LogP contribution >= 0.6 is 11.6 Å². The van der Waals surface area contributed by atoms with E-state index in [-0.39, 0.29) is 6.04 Å². The molecule has 0 bridgehead atoms. The van der Waals surface area contributed by atoms with Crippen molar-refractivity contribution < 1.29 is 9.90 Å². The van der Waals surface area contributed by atoms with Crippen LogP contribution in [0, 0.1) is 0 Å². The largest absolute Gasteiger partial charge is 0.478 e. The van der Waals surface area contributed by atoms with E-state index in [4.69, 9.17) is 11.6 Å². The van der Waals surface area contributed by atoms with Crippen molar-refractivity contribution in [2.75, 3.05) is 0 Å². The Morgan fingerprint density at radius 3 is 2.69 bits per heavy atom. The van der Waals surface area contributed by atoms with Gasteiger partial charge in [0.2, 0.25) is 0 Å². The summed E-state index contributed by atoms with van der Waals surface area (Å²) >= 11 is 6.28. The maximum atomic E-state index is 11.6. The Balaban J connectivity index is 1.83. The minimum Gasteiger partial charge on any atom is -0.478 e. The number of hydrogen-bond acceptors (Lipinski definition) is 1. The molecule has 1 N–H and O–H groups in total. The van der Waals surface area contributed by atoms with E-state index in [0.717, 1.165) is 28.6 Å². The van der Waals surface area contributed by atoms with Gasteiger partial charge < -0.3 is 9.67 Å². The van der Waals surface area contributed by atoms with E-state index in [9.17, 15) is 9.90 Å². The summed E-state index contributed by atoms with van der Waals surface area (Å²) in [6.07, 6.45) is 6.19. The Labute approximate surface area is 173 Å². The van der Waals surface area contributed by atoms with E-state index in [2.05, 4.69) is 34.9 Å². The first-order valence-electron chi connectivity index (χ1n) is 9.52. The molecule has 142 valence electrons. The van der Waals surface area contributed by atoms with Crippen LogP contribution < -0.4 is 0 Å². The summed E-state index contributed by atoms with van der Waals surface area (Å²) in [5.74, 6) is -0.905. The molecule has 1 atom stereocenters. The lowest BCUT2D eigenvalue weighted by atomic mass is 10.0. The second kappa shape index (κ2) is 6.94. The minimum absolute atomic E-state index is 0.0845. The molecule has 4 aromatic rings. The molecule has 0 amide bonds. The smallest absolute Gasteiger partial charge is 0.335 e. The van der Waals surface area contributed by atoms with Gasteiger partial charge in [-0.1, -0.05) is 66.2 Å². The highest BCUT2D eigenvalue weighted by atomic mass is 35.5. The van der Waals surface area contributed by atoms with Crippen LogP contribution in [-0.2, 0) is 4.79 Å². The molecule has 3 nitrogen and oxygen atoms in total. The standard InChI is InChI=1S/C25H18ClNO2/c26-19-8-3-6-17(13-19)24-15-22-21-10-2-1-5-16(21)11-12-23(22)27(24)20-9-4-7-18(14-20)25(28)29/h1-8,10-15,20H,9H2,(H,28,29). The Morgan fingerprint density at radius 2 is 1.86 bits per heavy atom. The monoisotopic (exact) mass is 399 g/mol. The highest BCUT2D eigenvalue weighted by molar-refractivity contribution is 6.30. The van der Waals surface area contributed by atoms with Crippen molar-refractivity contribution in [1.29, 1.82) is 0 Å². The third-order valence-electron chi connectivity index (χ3n) is 5.49. The van der Waals surface area contributed by atoms with Gasteiger partial charge in [-0.05, 0) is 53.1 Å². The molecular weight excluding hydrogens is 382 g/mol. The molecule has 0 aliphatic heterocycles. The number of fused-ring (bicyclic) bond motifs is 3. The van der Waals surface area contributed by atoms with E-state index in [1.54, 1.807) is 6.08 Å². The van der Waals surface area contributed by atoms with Gasteiger partial charge in [-0.3, -0.25) is 0 Å². The number of rotatable bonds is 3. The molecule has 1 aliphatic carbocycles. The molecule has 1 aliphatic rings. The topological polar surface area (TPSA) is 42.2 Å². The first-order chi connectivity index (χ1) is 14.1. The van der Waals surface area contributed by atoms with Crippen molar-refractivity contribution >= 4 is 39.2 Å². The number of benzene rings is 3. The van der Waals surface area contributed by atoms with Gasteiger partial charge in [0, 0.05) is 21.6 Å². The van der Waals surface area contributed by atoms with Crippen LogP contribution in [-0.4, -0.2) is 15.6 Å². The zero-order valence-corrected chi connectivity index (χ0v) is 16.3. The molecule has 0 spiro atoms. The highest BCUT2D eigenvalue weighted by Gasteiger charge is 2.21. The molecule has 0 fully saturated rings. The quantitative estimate of drug-likeness (QED) is 0.420. The number of carboxylic acid groups (broad SMARTS) is 1. The highest BCUT2D eigenvalue weighted by Crippen LogP contribution is 2.38. The third-order valence-corrected chi connectivity index (χ3v) is 5.73. The van der Waals surface area contributed by atoms with Crippen LogP contribution in [0.25, 0.3) is 32.9 Å². The number of allylic oxidation sites excluding steroid dienone is 2. The molecular formula is C25H18ClNO2. The number of nitrogens with zero attached hydrogens (tertiary/aromatic N) is 1. The van der Waals surface area contributed by atoms with E-state index >= 15 is 0 Å². The molecule has 1 unspecified atom stereocenters. The molecule has 0 radical (unpaired) electrons. The van der Waals surface area contributed by atoms with Gasteiger partial charge in [0.25, 0.3) is 0 Å². The van der Waals surface area contributed by atoms with Crippen molar-refractivity contribution in [1.82, 2.24) is 4.57 Å². The van der Waals surface area contributed by atoms with E-state index in [0.29, 0.717) is 10.6 Å². The van der Waals surface area contributed by atoms with Crippen LogP contribution in [0.5, 0.6) is 0 Å². The lowest BCUT2D eigenvalue weighted by Crippen LogP contribution is -2.12. The van der Waals surface area contributed by atoms with Crippen molar-refractivity contribution in [3.63, 3.8) is 0 Å². The molecule has 4 heteroatoms. The van der Waals surface area contributed by atoms with Gasteiger partial charge in [-0.2, -0.15) is 0 Å². The zero-order chi connectivity index (χ0) is 20.0. The molecule has 0 saturated heterocycles. The maximum Gasteiger partial charge on any atom is 0.335 e. The number of carbonyl (C=O) groups is 1. The van der Waals surface area contributed by atoms with Crippen molar-refractivity contribution in [2.24, 2.45) is 0 Å². The second-order valence-corrected chi connectivity index (χ2v) is 7.70. The Hall–Kier alpha value is -3.30. The fourth-order valence-electron chi connectivity index (χ4n) is 4.20. The lowest BCUT2D eigenvalue weighted by Gasteiger charge is -2.22. The molecule has 0 saturated carbocycles. The van der Waals surface area contributed by atoms with Gasteiger partial charge in [-0.25, -0.2) is 4.79 Å².